The van der Waals surface area contributed by atoms with Crippen molar-refractivity contribution in [2.24, 2.45) is 0 Å². The van der Waals surface area contributed by atoms with Crippen molar-refractivity contribution < 1.29 is 18.3 Å². The lowest BCUT2D eigenvalue weighted by Crippen LogP contribution is -2.40. The van der Waals surface area contributed by atoms with Crippen LogP contribution in [0.2, 0.25) is 5.02 Å². The summed E-state index contributed by atoms with van der Waals surface area (Å²) in [5, 5.41) is 9.06. The van der Waals surface area contributed by atoms with E-state index in [1.807, 2.05) is 0 Å². The molecule has 0 heterocycles. The molecule has 0 aliphatic heterocycles. The summed E-state index contributed by atoms with van der Waals surface area (Å²) in [5.41, 5.74) is 0. The van der Waals surface area contributed by atoms with E-state index in [9.17, 15) is 13.2 Å². The van der Waals surface area contributed by atoms with Crippen LogP contribution < -0.4 is 4.72 Å². The molecule has 0 unspecified atom stereocenters. The minimum absolute atomic E-state index is 0.0512. The SMILES string of the molecule is CC[C@@H](NS(=O)(=O)c1cccc(Cl)c1)C(=O)O. The Bertz CT molecular complexity index is 515. The molecule has 17 heavy (non-hydrogen) atoms. The second kappa shape index (κ2) is 5.48. The van der Waals surface area contributed by atoms with Crippen LogP contribution in [0.4, 0.5) is 0 Å². The van der Waals surface area contributed by atoms with E-state index in [1.165, 1.54) is 24.3 Å². The number of hydrogen-bond acceptors (Lipinski definition) is 3. The summed E-state index contributed by atoms with van der Waals surface area (Å²) in [6.45, 7) is 1.58. The molecule has 0 spiro atoms. The molecule has 2 N–H and O–H groups in total. The second-order valence-corrected chi connectivity index (χ2v) is 5.53. The first kappa shape index (κ1) is 14.0. The molecule has 7 heteroatoms. The fourth-order valence-electron chi connectivity index (χ4n) is 1.20. The number of hydrogen-bond donors (Lipinski definition) is 2. The summed E-state index contributed by atoms with van der Waals surface area (Å²) in [6, 6.07) is 4.49. The molecule has 0 saturated heterocycles. The number of benzene rings is 1. The van der Waals surface area contributed by atoms with Crippen LogP contribution in [0.5, 0.6) is 0 Å². The summed E-state index contributed by atoms with van der Waals surface area (Å²) in [6.07, 6.45) is 0.162. The lowest BCUT2D eigenvalue weighted by atomic mass is 10.2. The van der Waals surface area contributed by atoms with Crippen molar-refractivity contribution >= 4 is 27.6 Å². The zero-order valence-corrected chi connectivity index (χ0v) is 10.6. The van der Waals surface area contributed by atoms with E-state index in [0.717, 1.165) is 0 Å². The lowest BCUT2D eigenvalue weighted by molar-refractivity contribution is -0.139. The fourth-order valence-corrected chi connectivity index (χ4v) is 2.77. The number of carboxylic acids is 1. The van der Waals surface area contributed by atoms with Crippen LogP contribution in [-0.4, -0.2) is 25.5 Å². The fraction of sp³-hybridized carbons (Fsp3) is 0.300. The predicted octanol–water partition coefficient (Wildman–Crippen LogP) is 1.48. The van der Waals surface area contributed by atoms with Gasteiger partial charge in [-0.05, 0) is 24.6 Å². The van der Waals surface area contributed by atoms with Crippen molar-refractivity contribution in [3.63, 3.8) is 0 Å². The predicted molar refractivity (Wildman–Crippen MR) is 63.5 cm³/mol. The topological polar surface area (TPSA) is 83.5 Å². The monoisotopic (exact) mass is 277 g/mol. The van der Waals surface area contributed by atoms with Gasteiger partial charge in [-0.25, -0.2) is 8.42 Å². The molecule has 0 radical (unpaired) electrons. The first-order valence-electron chi connectivity index (χ1n) is 4.87. The summed E-state index contributed by atoms with van der Waals surface area (Å²) in [7, 11) is -3.85. The smallest absolute Gasteiger partial charge is 0.321 e. The molecule has 0 fully saturated rings. The Hall–Kier alpha value is -1.11. The third kappa shape index (κ3) is 3.69. The molecule has 94 valence electrons. The molecular formula is C10H12ClNO4S. The lowest BCUT2D eigenvalue weighted by Gasteiger charge is -2.12. The van der Waals surface area contributed by atoms with Gasteiger partial charge in [-0.1, -0.05) is 24.6 Å². The number of rotatable bonds is 5. The maximum Gasteiger partial charge on any atom is 0.321 e. The number of carboxylic acid groups (broad SMARTS) is 1. The highest BCUT2D eigenvalue weighted by Gasteiger charge is 2.23. The number of aliphatic carboxylic acids is 1. The molecule has 5 nitrogen and oxygen atoms in total. The molecule has 1 rings (SSSR count). The van der Waals surface area contributed by atoms with Gasteiger partial charge in [0.25, 0.3) is 0 Å². The highest BCUT2D eigenvalue weighted by Crippen LogP contribution is 2.15. The van der Waals surface area contributed by atoms with Gasteiger partial charge in [0.15, 0.2) is 0 Å². The number of halogens is 1. The first-order chi connectivity index (χ1) is 7.86. The molecule has 0 bridgehead atoms. The zero-order chi connectivity index (χ0) is 13.1. The highest BCUT2D eigenvalue weighted by molar-refractivity contribution is 7.89. The van der Waals surface area contributed by atoms with Gasteiger partial charge in [-0.3, -0.25) is 4.79 Å². The highest BCUT2D eigenvalue weighted by atomic mass is 35.5. The second-order valence-electron chi connectivity index (χ2n) is 3.38. The average molecular weight is 278 g/mol. The van der Waals surface area contributed by atoms with Crippen molar-refractivity contribution in [1.82, 2.24) is 4.72 Å². The van der Waals surface area contributed by atoms with E-state index >= 15 is 0 Å². The van der Waals surface area contributed by atoms with Crippen LogP contribution in [-0.2, 0) is 14.8 Å². The van der Waals surface area contributed by atoms with Gasteiger partial charge >= 0.3 is 5.97 Å². The quantitative estimate of drug-likeness (QED) is 0.854. The summed E-state index contributed by atoms with van der Waals surface area (Å²) < 4.78 is 25.8. The molecule has 0 saturated carbocycles. The summed E-state index contributed by atoms with van der Waals surface area (Å²) >= 11 is 5.68. The minimum atomic E-state index is -3.85. The van der Waals surface area contributed by atoms with Crippen molar-refractivity contribution in [3.05, 3.63) is 29.3 Å². The van der Waals surface area contributed by atoms with E-state index in [4.69, 9.17) is 16.7 Å². The van der Waals surface area contributed by atoms with Crippen LogP contribution in [0.15, 0.2) is 29.2 Å². The minimum Gasteiger partial charge on any atom is -0.480 e. The van der Waals surface area contributed by atoms with Gasteiger partial charge in [0.1, 0.15) is 6.04 Å². The van der Waals surface area contributed by atoms with Gasteiger partial charge < -0.3 is 5.11 Å². The number of sulfonamides is 1. The van der Waals surface area contributed by atoms with E-state index in [2.05, 4.69) is 4.72 Å². The Morgan fingerprint density at radius 1 is 1.53 bits per heavy atom. The third-order valence-corrected chi connectivity index (χ3v) is 3.81. The molecule has 1 aromatic carbocycles. The van der Waals surface area contributed by atoms with Crippen LogP contribution in [0.1, 0.15) is 13.3 Å². The van der Waals surface area contributed by atoms with E-state index in [0.29, 0.717) is 0 Å². The van der Waals surface area contributed by atoms with Crippen molar-refractivity contribution in [2.75, 3.05) is 0 Å². The van der Waals surface area contributed by atoms with Gasteiger partial charge in [-0.2, -0.15) is 4.72 Å². The van der Waals surface area contributed by atoms with Crippen molar-refractivity contribution in [2.45, 2.75) is 24.3 Å². The third-order valence-electron chi connectivity index (χ3n) is 2.11. The zero-order valence-electron chi connectivity index (χ0n) is 9.05. The summed E-state index contributed by atoms with van der Waals surface area (Å²) in [5.74, 6) is -1.21. The van der Waals surface area contributed by atoms with Gasteiger partial charge in [-0.15, -0.1) is 0 Å². The Balaban J connectivity index is 3.00. The van der Waals surface area contributed by atoms with Crippen LogP contribution in [0, 0.1) is 0 Å². The van der Waals surface area contributed by atoms with Gasteiger partial charge in [0.2, 0.25) is 10.0 Å². The van der Waals surface area contributed by atoms with E-state index in [-0.39, 0.29) is 16.3 Å². The largest absolute Gasteiger partial charge is 0.480 e. The molecular weight excluding hydrogens is 266 g/mol. The number of nitrogens with one attached hydrogen (secondary N) is 1. The van der Waals surface area contributed by atoms with Gasteiger partial charge in [0, 0.05) is 5.02 Å². The Labute approximate surface area is 104 Å². The molecule has 0 amide bonds. The maximum atomic E-state index is 11.8. The first-order valence-corrected chi connectivity index (χ1v) is 6.73. The molecule has 1 aromatic rings. The molecule has 0 aromatic heterocycles. The molecule has 1 atom stereocenters. The number of carbonyl (C=O) groups is 1. The van der Waals surface area contributed by atoms with Crippen LogP contribution in [0.25, 0.3) is 0 Å². The molecule has 0 aliphatic carbocycles. The average Bonchev–Trinajstić information content (AvgIpc) is 2.25. The Kier molecular flexibility index (Phi) is 4.50. The Morgan fingerprint density at radius 3 is 2.65 bits per heavy atom. The summed E-state index contributed by atoms with van der Waals surface area (Å²) in [4.78, 5) is 10.7. The van der Waals surface area contributed by atoms with E-state index < -0.39 is 22.0 Å². The van der Waals surface area contributed by atoms with E-state index in [1.54, 1.807) is 6.92 Å². The van der Waals surface area contributed by atoms with Crippen molar-refractivity contribution in [1.29, 1.82) is 0 Å². The van der Waals surface area contributed by atoms with Crippen molar-refractivity contribution in [3.8, 4) is 0 Å². The normalized spacial score (nSPS) is 13.3. The van der Waals surface area contributed by atoms with Gasteiger partial charge in [0.05, 0.1) is 4.90 Å². The standard InChI is InChI=1S/C10H12ClNO4S/c1-2-9(10(13)14)12-17(15,16)8-5-3-4-7(11)6-8/h3-6,9,12H,2H2,1H3,(H,13,14)/t9-/m1/s1. The Morgan fingerprint density at radius 2 is 2.18 bits per heavy atom. The van der Waals surface area contributed by atoms with Crippen LogP contribution in [0.3, 0.4) is 0 Å². The molecule has 0 aliphatic rings. The maximum absolute atomic E-state index is 11.8. The van der Waals surface area contributed by atoms with Crippen LogP contribution >= 0.6 is 11.6 Å².